The van der Waals surface area contributed by atoms with Gasteiger partial charge in [-0.25, -0.2) is 0 Å². The maximum Gasteiger partial charge on any atom is 0.0725 e. The number of hydrogen-bond donors (Lipinski definition) is 1. The van der Waals surface area contributed by atoms with Crippen LogP contribution in [0.1, 0.15) is 38.8 Å². The third-order valence-electron chi connectivity index (χ3n) is 3.09. The number of rotatable bonds is 8. The van der Waals surface area contributed by atoms with Crippen LogP contribution >= 0.6 is 0 Å². The normalized spacial score (nSPS) is 14.8. The maximum atomic E-state index is 6.20. The molecule has 1 heterocycles. The molecular formula is C13H25N3O. The van der Waals surface area contributed by atoms with Crippen molar-refractivity contribution in [2.75, 3.05) is 6.61 Å². The summed E-state index contributed by atoms with van der Waals surface area (Å²) in [5.74, 6) is 0. The van der Waals surface area contributed by atoms with Gasteiger partial charge in [-0.05, 0) is 32.3 Å². The van der Waals surface area contributed by atoms with Crippen molar-refractivity contribution < 1.29 is 4.74 Å². The van der Waals surface area contributed by atoms with Crippen molar-refractivity contribution in [3.63, 3.8) is 0 Å². The average molecular weight is 239 g/mol. The first-order chi connectivity index (χ1) is 8.19. The molecule has 0 aliphatic rings. The van der Waals surface area contributed by atoms with Crippen LogP contribution in [0.25, 0.3) is 0 Å². The molecule has 4 heteroatoms. The lowest BCUT2D eigenvalue weighted by Crippen LogP contribution is -2.37. The summed E-state index contributed by atoms with van der Waals surface area (Å²) in [6, 6.07) is 2.16. The quantitative estimate of drug-likeness (QED) is 0.753. The summed E-state index contributed by atoms with van der Waals surface area (Å²) < 4.78 is 7.60. The summed E-state index contributed by atoms with van der Waals surface area (Å²) >= 11 is 0. The van der Waals surface area contributed by atoms with Gasteiger partial charge in [-0.2, -0.15) is 5.10 Å². The largest absolute Gasteiger partial charge is 0.377 e. The molecule has 0 radical (unpaired) electrons. The Labute approximate surface area is 104 Å². The highest BCUT2D eigenvalue weighted by Crippen LogP contribution is 2.11. The standard InChI is InChI=1S/C13H25N3O/c1-4-6-13(17-5-2)12(14)8-7-11-9-10-15-16(11)3/h9-10,12-13H,4-8,14H2,1-3H3. The van der Waals surface area contributed by atoms with E-state index in [4.69, 9.17) is 10.5 Å². The predicted octanol–water partition coefficient (Wildman–Crippen LogP) is 1.89. The molecule has 0 fully saturated rings. The van der Waals surface area contributed by atoms with Gasteiger partial charge >= 0.3 is 0 Å². The Balaban J connectivity index is 2.41. The Morgan fingerprint density at radius 1 is 1.41 bits per heavy atom. The molecular weight excluding hydrogens is 214 g/mol. The zero-order valence-corrected chi connectivity index (χ0v) is 11.2. The fourth-order valence-electron chi connectivity index (χ4n) is 2.07. The van der Waals surface area contributed by atoms with Gasteiger partial charge in [0.2, 0.25) is 0 Å². The zero-order valence-electron chi connectivity index (χ0n) is 11.2. The average Bonchev–Trinajstić information content (AvgIpc) is 2.71. The summed E-state index contributed by atoms with van der Waals surface area (Å²) in [7, 11) is 1.97. The lowest BCUT2D eigenvalue weighted by atomic mass is 10.0. The van der Waals surface area contributed by atoms with Crippen LogP contribution in [0.4, 0.5) is 0 Å². The minimum Gasteiger partial charge on any atom is -0.377 e. The van der Waals surface area contributed by atoms with Crippen LogP contribution in [0.15, 0.2) is 12.3 Å². The Bertz CT molecular complexity index is 305. The van der Waals surface area contributed by atoms with E-state index < -0.39 is 0 Å². The van der Waals surface area contributed by atoms with Crippen LogP contribution in [0.5, 0.6) is 0 Å². The first-order valence-electron chi connectivity index (χ1n) is 6.53. The van der Waals surface area contributed by atoms with Gasteiger partial charge in [-0.3, -0.25) is 4.68 Å². The van der Waals surface area contributed by atoms with Gasteiger partial charge in [0.1, 0.15) is 0 Å². The highest BCUT2D eigenvalue weighted by atomic mass is 16.5. The van der Waals surface area contributed by atoms with Crippen LogP contribution in [0.3, 0.4) is 0 Å². The topological polar surface area (TPSA) is 53.1 Å². The molecule has 17 heavy (non-hydrogen) atoms. The van der Waals surface area contributed by atoms with Crippen LogP contribution in [-0.4, -0.2) is 28.5 Å². The van der Waals surface area contributed by atoms with Crippen LogP contribution < -0.4 is 5.73 Å². The van der Waals surface area contributed by atoms with E-state index in [2.05, 4.69) is 12.0 Å². The molecule has 0 saturated heterocycles. The maximum absolute atomic E-state index is 6.20. The molecule has 0 aromatic carbocycles. The minimum absolute atomic E-state index is 0.116. The van der Waals surface area contributed by atoms with Crippen LogP contribution in [-0.2, 0) is 18.2 Å². The minimum atomic E-state index is 0.116. The molecule has 2 N–H and O–H groups in total. The lowest BCUT2D eigenvalue weighted by Gasteiger charge is -2.23. The van der Waals surface area contributed by atoms with Gasteiger partial charge in [-0.15, -0.1) is 0 Å². The van der Waals surface area contributed by atoms with E-state index in [0.717, 1.165) is 32.3 Å². The van der Waals surface area contributed by atoms with Crippen molar-refractivity contribution in [3.05, 3.63) is 18.0 Å². The molecule has 2 unspecified atom stereocenters. The van der Waals surface area contributed by atoms with E-state index in [1.807, 2.05) is 30.9 Å². The van der Waals surface area contributed by atoms with Gasteiger partial charge < -0.3 is 10.5 Å². The number of hydrogen-bond acceptors (Lipinski definition) is 3. The van der Waals surface area contributed by atoms with Gasteiger partial charge in [0.05, 0.1) is 6.10 Å². The number of nitrogens with two attached hydrogens (primary N) is 1. The van der Waals surface area contributed by atoms with Crippen molar-refractivity contribution >= 4 is 0 Å². The van der Waals surface area contributed by atoms with E-state index in [1.54, 1.807) is 0 Å². The van der Waals surface area contributed by atoms with E-state index in [1.165, 1.54) is 5.69 Å². The van der Waals surface area contributed by atoms with Crippen molar-refractivity contribution in [1.29, 1.82) is 0 Å². The SMILES string of the molecule is CCCC(OCC)C(N)CCc1ccnn1C. The first-order valence-corrected chi connectivity index (χ1v) is 6.53. The molecule has 1 aromatic rings. The van der Waals surface area contributed by atoms with Crippen LogP contribution in [0.2, 0.25) is 0 Å². The number of aromatic nitrogens is 2. The summed E-state index contributed by atoms with van der Waals surface area (Å²) in [5.41, 5.74) is 7.43. The Hall–Kier alpha value is -0.870. The molecule has 0 saturated carbocycles. The molecule has 4 nitrogen and oxygen atoms in total. The number of aryl methyl sites for hydroxylation is 2. The molecule has 1 aromatic heterocycles. The number of nitrogens with zero attached hydrogens (tertiary/aromatic N) is 2. The highest BCUT2D eigenvalue weighted by molar-refractivity contribution is 5.00. The monoisotopic (exact) mass is 239 g/mol. The highest BCUT2D eigenvalue weighted by Gasteiger charge is 2.17. The third-order valence-corrected chi connectivity index (χ3v) is 3.09. The molecule has 0 amide bonds. The zero-order chi connectivity index (χ0) is 12.7. The lowest BCUT2D eigenvalue weighted by molar-refractivity contribution is 0.0358. The van der Waals surface area contributed by atoms with Gasteiger partial charge in [-0.1, -0.05) is 13.3 Å². The second-order valence-corrected chi connectivity index (χ2v) is 4.43. The van der Waals surface area contributed by atoms with E-state index >= 15 is 0 Å². The summed E-state index contributed by atoms with van der Waals surface area (Å²) in [6.45, 7) is 4.93. The fraction of sp³-hybridized carbons (Fsp3) is 0.769. The first kappa shape index (κ1) is 14.2. The third kappa shape index (κ3) is 4.48. The van der Waals surface area contributed by atoms with E-state index in [0.29, 0.717) is 0 Å². The molecule has 0 aliphatic heterocycles. The molecule has 0 bridgehead atoms. The van der Waals surface area contributed by atoms with E-state index in [-0.39, 0.29) is 12.1 Å². The Kier molecular flexibility index (Phi) is 6.22. The molecule has 2 atom stereocenters. The van der Waals surface area contributed by atoms with Crippen molar-refractivity contribution in [3.8, 4) is 0 Å². The van der Waals surface area contributed by atoms with Crippen molar-refractivity contribution in [2.24, 2.45) is 12.8 Å². The fourth-order valence-corrected chi connectivity index (χ4v) is 2.07. The number of ether oxygens (including phenoxy) is 1. The summed E-state index contributed by atoms with van der Waals surface area (Å²) in [6.07, 6.45) is 6.09. The van der Waals surface area contributed by atoms with Crippen molar-refractivity contribution in [1.82, 2.24) is 9.78 Å². The summed E-state index contributed by atoms with van der Waals surface area (Å²) in [4.78, 5) is 0. The molecule has 0 spiro atoms. The Morgan fingerprint density at radius 2 is 2.18 bits per heavy atom. The van der Waals surface area contributed by atoms with Gasteiger partial charge in [0, 0.05) is 31.6 Å². The van der Waals surface area contributed by atoms with Gasteiger partial charge in [0.25, 0.3) is 0 Å². The predicted molar refractivity (Wildman–Crippen MR) is 69.8 cm³/mol. The smallest absolute Gasteiger partial charge is 0.0725 e. The second kappa shape index (κ2) is 7.45. The van der Waals surface area contributed by atoms with Gasteiger partial charge in [0.15, 0.2) is 0 Å². The van der Waals surface area contributed by atoms with Crippen molar-refractivity contribution in [2.45, 2.75) is 51.7 Å². The molecule has 0 aliphatic carbocycles. The summed E-state index contributed by atoms with van der Waals surface area (Å²) in [5, 5.41) is 4.16. The second-order valence-electron chi connectivity index (χ2n) is 4.43. The van der Waals surface area contributed by atoms with Crippen LogP contribution in [0, 0.1) is 0 Å². The molecule has 98 valence electrons. The molecule has 1 rings (SSSR count). The van der Waals surface area contributed by atoms with E-state index in [9.17, 15) is 0 Å². The Morgan fingerprint density at radius 3 is 2.71 bits per heavy atom.